The topological polar surface area (TPSA) is 116 Å². The normalized spacial score (nSPS) is 12.6. The number of ether oxygens (including phenoxy) is 1. The lowest BCUT2D eigenvalue weighted by atomic mass is 10.0. The third kappa shape index (κ3) is 6.14. The summed E-state index contributed by atoms with van der Waals surface area (Å²) in [5.74, 6) is -1.21. The number of nitrogens with zero attached hydrogens (tertiary/aromatic N) is 1. The van der Waals surface area contributed by atoms with Crippen molar-refractivity contribution in [1.82, 2.24) is 0 Å². The summed E-state index contributed by atoms with van der Waals surface area (Å²) in [6.07, 6.45) is -0.609. The molecule has 0 fully saturated rings. The van der Waals surface area contributed by atoms with Crippen LogP contribution in [-0.4, -0.2) is 32.0 Å². The quantitative estimate of drug-likeness (QED) is 0.240. The molecule has 0 heterocycles. The number of rotatable bonds is 8. The van der Waals surface area contributed by atoms with Crippen molar-refractivity contribution in [3.05, 3.63) is 91.0 Å². The van der Waals surface area contributed by atoms with Crippen LogP contribution in [0.5, 0.6) is 5.75 Å². The van der Waals surface area contributed by atoms with Crippen LogP contribution < -0.4 is 14.4 Å². The maximum absolute atomic E-state index is 12.4. The van der Waals surface area contributed by atoms with Crippen molar-refractivity contribution in [1.29, 1.82) is 0 Å². The van der Waals surface area contributed by atoms with Crippen molar-refractivity contribution in [2.75, 3.05) is 9.62 Å². The summed E-state index contributed by atoms with van der Waals surface area (Å²) < 4.78 is 28.1. The van der Waals surface area contributed by atoms with E-state index in [4.69, 9.17) is 4.74 Å². The molecule has 0 aliphatic rings. The SMILES string of the molecule is CC(C)C(C(=O)O)N(c1ccc(-c2ccc(OC(=O)Nc3ccc4ccccc4c3)cc2)cc1)S(=O)O. The fourth-order valence-corrected chi connectivity index (χ4v) is 4.87. The first-order valence-electron chi connectivity index (χ1n) is 11.5. The van der Waals surface area contributed by atoms with E-state index in [1.165, 1.54) is 0 Å². The molecule has 0 radical (unpaired) electrons. The van der Waals surface area contributed by atoms with Crippen LogP contribution in [0.25, 0.3) is 21.9 Å². The Morgan fingerprint density at radius 3 is 2.03 bits per heavy atom. The van der Waals surface area contributed by atoms with E-state index >= 15 is 0 Å². The molecule has 2 unspecified atom stereocenters. The highest BCUT2D eigenvalue weighted by Gasteiger charge is 2.32. The van der Waals surface area contributed by atoms with Gasteiger partial charge in [0, 0.05) is 5.69 Å². The van der Waals surface area contributed by atoms with E-state index in [0.717, 1.165) is 26.2 Å². The summed E-state index contributed by atoms with van der Waals surface area (Å²) in [6, 6.07) is 25.8. The van der Waals surface area contributed by atoms with Gasteiger partial charge in [-0.2, -0.15) is 0 Å². The second-order valence-electron chi connectivity index (χ2n) is 8.73. The van der Waals surface area contributed by atoms with E-state index in [-0.39, 0.29) is 5.92 Å². The molecule has 37 heavy (non-hydrogen) atoms. The number of nitrogens with one attached hydrogen (secondary N) is 1. The predicted octanol–water partition coefficient (Wildman–Crippen LogP) is 6.17. The molecule has 0 bridgehead atoms. The fraction of sp³-hybridized carbons (Fsp3) is 0.143. The molecule has 0 saturated carbocycles. The van der Waals surface area contributed by atoms with Gasteiger partial charge in [0.15, 0.2) is 0 Å². The first kappa shape index (κ1) is 25.9. The molecule has 1 amide bonds. The first-order valence-corrected chi connectivity index (χ1v) is 12.6. The lowest BCUT2D eigenvalue weighted by Gasteiger charge is -2.29. The van der Waals surface area contributed by atoms with Crippen LogP contribution in [0.4, 0.5) is 16.2 Å². The smallest absolute Gasteiger partial charge is 0.417 e. The average Bonchev–Trinajstić information content (AvgIpc) is 2.87. The van der Waals surface area contributed by atoms with Crippen molar-refractivity contribution < 1.29 is 28.2 Å². The molecular formula is C28H26N2O6S. The molecule has 0 spiro atoms. The number of carbonyl (C=O) groups excluding carboxylic acids is 1. The first-order chi connectivity index (χ1) is 17.7. The number of hydrogen-bond acceptors (Lipinski definition) is 4. The van der Waals surface area contributed by atoms with E-state index < -0.39 is 29.4 Å². The molecule has 9 heteroatoms. The zero-order chi connectivity index (χ0) is 26.5. The zero-order valence-electron chi connectivity index (χ0n) is 20.2. The molecule has 3 N–H and O–H groups in total. The third-order valence-electron chi connectivity index (χ3n) is 5.82. The molecule has 4 rings (SSSR count). The highest BCUT2D eigenvalue weighted by Crippen LogP contribution is 2.28. The minimum Gasteiger partial charge on any atom is -0.480 e. The van der Waals surface area contributed by atoms with Gasteiger partial charge in [-0.05, 0) is 64.2 Å². The van der Waals surface area contributed by atoms with Crippen LogP contribution in [0, 0.1) is 5.92 Å². The molecule has 0 aromatic heterocycles. The highest BCUT2D eigenvalue weighted by molar-refractivity contribution is 7.80. The minimum atomic E-state index is -2.51. The summed E-state index contributed by atoms with van der Waals surface area (Å²) in [5, 5.41) is 14.3. The van der Waals surface area contributed by atoms with Gasteiger partial charge in [0.05, 0.1) is 5.69 Å². The third-order valence-corrected chi connectivity index (χ3v) is 6.60. The van der Waals surface area contributed by atoms with Crippen LogP contribution >= 0.6 is 0 Å². The summed E-state index contributed by atoms with van der Waals surface area (Å²) in [4.78, 5) is 24.0. The van der Waals surface area contributed by atoms with Crippen molar-refractivity contribution >= 4 is 45.5 Å². The number of carboxylic acids is 1. The molecule has 0 aliphatic heterocycles. The van der Waals surface area contributed by atoms with Gasteiger partial charge in [0.2, 0.25) is 0 Å². The van der Waals surface area contributed by atoms with Crippen LogP contribution in [0.1, 0.15) is 13.8 Å². The second-order valence-corrected chi connectivity index (χ2v) is 9.59. The van der Waals surface area contributed by atoms with Crippen molar-refractivity contribution in [2.24, 2.45) is 5.92 Å². The Kier molecular flexibility index (Phi) is 7.86. The van der Waals surface area contributed by atoms with Crippen molar-refractivity contribution in [2.45, 2.75) is 19.9 Å². The number of aliphatic carboxylic acids is 1. The minimum absolute atomic E-state index is 0.316. The largest absolute Gasteiger partial charge is 0.480 e. The van der Waals surface area contributed by atoms with Crippen LogP contribution in [-0.2, 0) is 16.1 Å². The van der Waals surface area contributed by atoms with E-state index in [9.17, 15) is 23.5 Å². The lowest BCUT2D eigenvalue weighted by molar-refractivity contribution is -0.139. The van der Waals surface area contributed by atoms with Gasteiger partial charge in [-0.3, -0.25) is 14.2 Å². The monoisotopic (exact) mass is 518 g/mol. The molecule has 4 aromatic rings. The number of anilines is 2. The van der Waals surface area contributed by atoms with E-state index in [0.29, 0.717) is 17.1 Å². The summed E-state index contributed by atoms with van der Waals surface area (Å²) in [5.41, 5.74) is 2.57. The number of amides is 1. The van der Waals surface area contributed by atoms with Gasteiger partial charge in [-0.1, -0.05) is 68.4 Å². The highest BCUT2D eigenvalue weighted by atomic mass is 32.2. The standard InChI is InChI=1S/C28H26N2O6S/c1-18(2)26(27(31)32)30(37(34)35)24-13-8-20(9-14-24)21-10-15-25(16-11-21)36-28(33)29-23-12-7-19-5-3-4-6-22(19)17-23/h3-18,26H,1-2H3,(H,29,33)(H,31,32)(H,34,35). The molecular weight excluding hydrogens is 492 g/mol. The van der Waals surface area contributed by atoms with Gasteiger partial charge < -0.3 is 9.84 Å². The predicted molar refractivity (Wildman–Crippen MR) is 145 cm³/mol. The Balaban J connectivity index is 1.43. The zero-order valence-corrected chi connectivity index (χ0v) is 21.0. The number of carbonyl (C=O) groups is 2. The van der Waals surface area contributed by atoms with Crippen LogP contribution in [0.15, 0.2) is 91.0 Å². The Morgan fingerprint density at radius 2 is 1.46 bits per heavy atom. The molecule has 0 saturated heterocycles. The van der Waals surface area contributed by atoms with Gasteiger partial charge in [-0.15, -0.1) is 0 Å². The van der Waals surface area contributed by atoms with Gasteiger partial charge in [-0.25, -0.2) is 13.8 Å². The second kappa shape index (κ2) is 11.2. The molecule has 0 aliphatic carbocycles. The van der Waals surface area contributed by atoms with E-state index in [1.807, 2.05) is 42.5 Å². The van der Waals surface area contributed by atoms with Crippen molar-refractivity contribution in [3.8, 4) is 16.9 Å². The fourth-order valence-electron chi connectivity index (χ4n) is 4.04. The van der Waals surface area contributed by atoms with Gasteiger partial charge >= 0.3 is 12.1 Å². The Morgan fingerprint density at radius 1 is 0.865 bits per heavy atom. The average molecular weight is 519 g/mol. The number of fused-ring (bicyclic) bond motifs is 1. The summed E-state index contributed by atoms with van der Waals surface area (Å²) in [6.45, 7) is 3.36. The Hall–Kier alpha value is -4.21. The summed E-state index contributed by atoms with van der Waals surface area (Å²) >= 11 is -2.51. The number of hydrogen-bond donors (Lipinski definition) is 3. The molecule has 190 valence electrons. The van der Waals surface area contributed by atoms with Crippen LogP contribution in [0.2, 0.25) is 0 Å². The van der Waals surface area contributed by atoms with Crippen LogP contribution in [0.3, 0.4) is 0 Å². The number of carboxylic acid groups (broad SMARTS) is 1. The Labute approximate surface area is 216 Å². The molecule has 4 aromatic carbocycles. The molecule has 2 atom stereocenters. The van der Waals surface area contributed by atoms with E-state index in [1.54, 1.807) is 62.4 Å². The van der Waals surface area contributed by atoms with E-state index in [2.05, 4.69) is 5.32 Å². The Bertz CT molecular complexity index is 1440. The lowest BCUT2D eigenvalue weighted by Crippen LogP contribution is -2.45. The van der Waals surface area contributed by atoms with Gasteiger partial charge in [0.1, 0.15) is 11.8 Å². The number of benzene rings is 4. The van der Waals surface area contributed by atoms with Gasteiger partial charge in [0.25, 0.3) is 11.3 Å². The van der Waals surface area contributed by atoms with Crippen molar-refractivity contribution in [3.63, 3.8) is 0 Å². The molecule has 8 nitrogen and oxygen atoms in total. The summed E-state index contributed by atoms with van der Waals surface area (Å²) in [7, 11) is 0. The maximum Gasteiger partial charge on any atom is 0.417 e. The maximum atomic E-state index is 12.4.